The van der Waals surface area contributed by atoms with E-state index in [2.05, 4.69) is 31.2 Å². The number of hydrogen-bond donors (Lipinski definition) is 2. The van der Waals surface area contributed by atoms with Crippen molar-refractivity contribution >= 4 is 33.3 Å². The fourth-order valence-corrected chi connectivity index (χ4v) is 4.66. The molecule has 0 saturated heterocycles. The molecule has 0 aliphatic carbocycles. The zero-order chi connectivity index (χ0) is 21.7. The number of hydrogen-bond acceptors (Lipinski definition) is 6. The molecule has 0 saturated carbocycles. The first-order valence-corrected chi connectivity index (χ1v) is 10.8. The summed E-state index contributed by atoms with van der Waals surface area (Å²) in [6.45, 7) is 1.97. The van der Waals surface area contributed by atoms with Gasteiger partial charge in [0.15, 0.2) is 5.43 Å². The predicted octanol–water partition coefficient (Wildman–Crippen LogP) is 4.96. The summed E-state index contributed by atoms with van der Waals surface area (Å²) in [6, 6.07) is 13.7. The van der Waals surface area contributed by atoms with Gasteiger partial charge in [-0.15, -0.1) is 11.3 Å². The SMILES string of the molecule is Cc1ncc(-c2nc3[nH]cc(-c4ccn[nH]4)c(=O)c3cc2-c2ccc3ncccc3c2)s1. The van der Waals surface area contributed by atoms with Crippen molar-refractivity contribution in [2.75, 3.05) is 0 Å². The van der Waals surface area contributed by atoms with Crippen molar-refractivity contribution in [1.29, 1.82) is 0 Å². The van der Waals surface area contributed by atoms with Crippen molar-refractivity contribution in [2.24, 2.45) is 0 Å². The van der Waals surface area contributed by atoms with Crippen molar-refractivity contribution in [3.8, 4) is 33.0 Å². The Balaban J connectivity index is 1.66. The number of pyridine rings is 3. The van der Waals surface area contributed by atoms with Crippen LogP contribution in [0.4, 0.5) is 0 Å². The van der Waals surface area contributed by atoms with E-state index in [0.29, 0.717) is 22.3 Å². The number of fused-ring (bicyclic) bond motifs is 2. The third-order valence-electron chi connectivity index (χ3n) is 5.42. The van der Waals surface area contributed by atoms with Gasteiger partial charge in [0.05, 0.1) is 37.7 Å². The van der Waals surface area contributed by atoms with Crippen molar-refractivity contribution in [2.45, 2.75) is 6.92 Å². The summed E-state index contributed by atoms with van der Waals surface area (Å²) in [4.78, 5) is 31.2. The van der Waals surface area contributed by atoms with Gasteiger partial charge in [0, 0.05) is 35.7 Å². The van der Waals surface area contributed by atoms with Crippen LogP contribution in [-0.2, 0) is 0 Å². The molecule has 6 aromatic rings. The van der Waals surface area contributed by atoms with E-state index in [9.17, 15) is 4.79 Å². The molecule has 0 unspecified atom stereocenters. The van der Waals surface area contributed by atoms with E-state index >= 15 is 0 Å². The molecule has 6 rings (SSSR count). The Morgan fingerprint density at radius 3 is 2.75 bits per heavy atom. The van der Waals surface area contributed by atoms with Crippen LogP contribution in [0.2, 0.25) is 0 Å². The second kappa shape index (κ2) is 7.21. The molecule has 5 aromatic heterocycles. The van der Waals surface area contributed by atoms with Crippen LogP contribution >= 0.6 is 11.3 Å². The second-order valence-corrected chi connectivity index (χ2v) is 8.67. The molecule has 0 amide bonds. The van der Waals surface area contributed by atoms with Crippen LogP contribution in [0.25, 0.3) is 54.9 Å². The Hall–Kier alpha value is -4.17. The highest BCUT2D eigenvalue weighted by Crippen LogP contribution is 2.36. The first-order valence-electron chi connectivity index (χ1n) is 10.0. The quantitative estimate of drug-likeness (QED) is 0.408. The fourth-order valence-electron chi connectivity index (χ4n) is 3.88. The van der Waals surface area contributed by atoms with Gasteiger partial charge in [-0.05, 0) is 42.8 Å². The van der Waals surface area contributed by atoms with Crippen LogP contribution in [0.5, 0.6) is 0 Å². The average molecular weight is 437 g/mol. The lowest BCUT2D eigenvalue weighted by atomic mass is 9.99. The van der Waals surface area contributed by atoms with E-state index in [-0.39, 0.29) is 5.43 Å². The van der Waals surface area contributed by atoms with Crippen molar-refractivity contribution in [1.82, 2.24) is 30.1 Å². The summed E-state index contributed by atoms with van der Waals surface area (Å²) in [6.07, 6.45) is 6.91. The van der Waals surface area contributed by atoms with Crippen LogP contribution in [-0.4, -0.2) is 30.1 Å². The topological polar surface area (TPSA) is 100 Å². The molecule has 0 aliphatic heterocycles. The normalized spacial score (nSPS) is 11.4. The number of rotatable bonds is 3. The number of nitrogens with one attached hydrogen (secondary N) is 2. The lowest BCUT2D eigenvalue weighted by Crippen LogP contribution is -2.08. The number of aromatic amines is 2. The first kappa shape index (κ1) is 18.6. The van der Waals surface area contributed by atoms with Crippen LogP contribution < -0.4 is 5.43 Å². The summed E-state index contributed by atoms with van der Waals surface area (Å²) in [5.74, 6) is 0. The maximum absolute atomic E-state index is 13.3. The molecular weight excluding hydrogens is 420 g/mol. The molecule has 0 atom stereocenters. The van der Waals surface area contributed by atoms with E-state index in [0.717, 1.165) is 37.6 Å². The Kier molecular flexibility index (Phi) is 4.19. The lowest BCUT2D eigenvalue weighted by molar-refractivity contribution is 1.09. The summed E-state index contributed by atoms with van der Waals surface area (Å²) in [5, 5.41) is 9.33. The molecule has 32 heavy (non-hydrogen) atoms. The summed E-state index contributed by atoms with van der Waals surface area (Å²) < 4.78 is 0. The number of aromatic nitrogens is 6. The molecule has 0 spiro atoms. The minimum atomic E-state index is -0.105. The van der Waals surface area contributed by atoms with Gasteiger partial charge < -0.3 is 4.98 Å². The van der Waals surface area contributed by atoms with Gasteiger partial charge in [0.2, 0.25) is 0 Å². The van der Waals surface area contributed by atoms with Crippen LogP contribution in [0.15, 0.2) is 72.0 Å². The Morgan fingerprint density at radius 2 is 1.94 bits per heavy atom. The van der Waals surface area contributed by atoms with Crippen LogP contribution in [0.1, 0.15) is 5.01 Å². The minimum Gasteiger partial charge on any atom is -0.345 e. The molecule has 0 fully saturated rings. The van der Waals surface area contributed by atoms with E-state index in [4.69, 9.17) is 4.98 Å². The minimum absolute atomic E-state index is 0.105. The standard InChI is InChI=1S/C24H16N6OS/c1-13-26-12-21(32-13)22-16(14-4-5-19-15(9-14)3-2-7-25-19)10-17-23(31)18(11-27-24(17)29-22)20-6-8-28-30-20/h2-12H,1H3,(H,28,30)(H,27,29,31). The largest absolute Gasteiger partial charge is 0.345 e. The summed E-state index contributed by atoms with van der Waals surface area (Å²) >= 11 is 1.58. The maximum atomic E-state index is 13.3. The van der Waals surface area contributed by atoms with Gasteiger partial charge in [0.25, 0.3) is 0 Å². The molecule has 2 N–H and O–H groups in total. The van der Waals surface area contributed by atoms with Gasteiger partial charge in [-0.25, -0.2) is 9.97 Å². The Morgan fingerprint density at radius 1 is 1.00 bits per heavy atom. The third-order valence-corrected chi connectivity index (χ3v) is 6.34. The molecule has 0 aliphatic rings. The molecule has 5 heterocycles. The second-order valence-electron chi connectivity index (χ2n) is 7.44. The van der Waals surface area contributed by atoms with Crippen LogP contribution in [0.3, 0.4) is 0 Å². The highest BCUT2D eigenvalue weighted by atomic mass is 32.1. The third kappa shape index (κ3) is 3.00. The van der Waals surface area contributed by atoms with Crippen LogP contribution in [0, 0.1) is 6.92 Å². The Bertz CT molecular complexity index is 1670. The molecule has 1 aromatic carbocycles. The molecule has 154 valence electrons. The number of thiazole rings is 1. The molecule has 0 bridgehead atoms. The zero-order valence-corrected chi connectivity index (χ0v) is 17.8. The highest BCUT2D eigenvalue weighted by molar-refractivity contribution is 7.15. The summed E-state index contributed by atoms with van der Waals surface area (Å²) in [5.41, 5.74) is 5.15. The molecular formula is C24H16N6OS. The zero-order valence-electron chi connectivity index (χ0n) is 17.0. The van der Waals surface area contributed by atoms with Gasteiger partial charge in [-0.2, -0.15) is 5.10 Å². The van der Waals surface area contributed by atoms with Crippen molar-refractivity contribution in [3.63, 3.8) is 0 Å². The molecule has 0 radical (unpaired) electrons. The Labute approximate surface area is 185 Å². The first-order chi connectivity index (χ1) is 15.7. The van der Waals surface area contributed by atoms with Crippen molar-refractivity contribution < 1.29 is 0 Å². The van der Waals surface area contributed by atoms with Gasteiger partial charge in [0.1, 0.15) is 5.65 Å². The van der Waals surface area contributed by atoms with E-state index in [1.807, 2.05) is 43.5 Å². The van der Waals surface area contributed by atoms with Gasteiger partial charge in [-0.3, -0.25) is 14.9 Å². The predicted molar refractivity (Wildman–Crippen MR) is 127 cm³/mol. The van der Waals surface area contributed by atoms with E-state index in [1.165, 1.54) is 0 Å². The summed E-state index contributed by atoms with van der Waals surface area (Å²) in [7, 11) is 0. The van der Waals surface area contributed by atoms with Gasteiger partial charge in [-0.1, -0.05) is 12.1 Å². The van der Waals surface area contributed by atoms with Gasteiger partial charge >= 0.3 is 0 Å². The molecule has 7 nitrogen and oxygen atoms in total. The lowest BCUT2D eigenvalue weighted by Gasteiger charge is -2.11. The highest BCUT2D eigenvalue weighted by Gasteiger charge is 2.17. The smallest absolute Gasteiger partial charge is 0.200 e. The van der Waals surface area contributed by atoms with E-state index < -0.39 is 0 Å². The number of benzene rings is 1. The van der Waals surface area contributed by atoms with E-state index in [1.54, 1.807) is 36.0 Å². The maximum Gasteiger partial charge on any atom is 0.200 e. The van der Waals surface area contributed by atoms with Crippen molar-refractivity contribution in [3.05, 3.63) is 82.5 Å². The number of H-pyrrole nitrogens is 2. The monoisotopic (exact) mass is 436 g/mol. The number of aryl methyl sites for hydroxylation is 1. The number of nitrogens with zero attached hydrogens (tertiary/aromatic N) is 4. The fraction of sp³-hybridized carbons (Fsp3) is 0.0417. The molecule has 8 heteroatoms. The average Bonchev–Trinajstić information content (AvgIpc) is 3.50.